The van der Waals surface area contributed by atoms with E-state index in [0.717, 1.165) is 11.3 Å². The van der Waals surface area contributed by atoms with Crippen LogP contribution in [0.5, 0.6) is 0 Å². The van der Waals surface area contributed by atoms with Crippen molar-refractivity contribution in [1.82, 2.24) is 0 Å². The van der Waals surface area contributed by atoms with Crippen LogP contribution in [0.2, 0.25) is 0 Å². The van der Waals surface area contributed by atoms with Gasteiger partial charge in [0.1, 0.15) is 5.82 Å². The largest absolute Gasteiger partial charge is 0.274 e. The van der Waals surface area contributed by atoms with Gasteiger partial charge in [0.25, 0.3) is 10.0 Å². The van der Waals surface area contributed by atoms with Crippen molar-refractivity contribution in [1.29, 1.82) is 0 Å². The minimum absolute atomic E-state index is 0.249. The van der Waals surface area contributed by atoms with E-state index in [1.807, 2.05) is 0 Å². The van der Waals surface area contributed by atoms with Gasteiger partial charge in [-0.3, -0.25) is 4.31 Å². The lowest BCUT2D eigenvalue weighted by atomic mass is 10.3. The van der Waals surface area contributed by atoms with Gasteiger partial charge in [0.05, 0.1) is 5.69 Å². The van der Waals surface area contributed by atoms with Gasteiger partial charge in [0.2, 0.25) is 0 Å². The summed E-state index contributed by atoms with van der Waals surface area (Å²) in [5, 5.41) is 1.70. The molecule has 0 aliphatic heterocycles. The van der Waals surface area contributed by atoms with Crippen molar-refractivity contribution in [2.75, 3.05) is 10.8 Å². The summed E-state index contributed by atoms with van der Waals surface area (Å²) in [5.74, 6) is -0.394. The second-order valence-corrected chi connectivity index (χ2v) is 7.53. The maximum absolute atomic E-state index is 12.9. The molecule has 0 unspecified atom stereocenters. The maximum Gasteiger partial charge on any atom is 0.274 e. The molecule has 7 heteroatoms. The number of sulfonamides is 1. The van der Waals surface area contributed by atoms with Crippen LogP contribution in [0.3, 0.4) is 0 Å². The van der Waals surface area contributed by atoms with Crippen LogP contribution in [0.25, 0.3) is 0 Å². The van der Waals surface area contributed by atoms with E-state index in [9.17, 15) is 12.8 Å². The maximum atomic E-state index is 12.9. The molecular formula is C12H11BrFNO2S2. The van der Waals surface area contributed by atoms with Crippen LogP contribution < -0.4 is 4.31 Å². The van der Waals surface area contributed by atoms with Gasteiger partial charge in [-0.05, 0) is 58.6 Å². The molecular weight excluding hydrogens is 353 g/mol. The molecule has 102 valence electrons. The number of benzene rings is 1. The summed E-state index contributed by atoms with van der Waals surface area (Å²) >= 11 is 4.38. The predicted octanol–water partition coefficient (Wildman–Crippen LogP) is 3.86. The normalized spacial score (nSPS) is 11.5. The Bertz CT molecular complexity index is 667. The molecule has 1 aromatic heterocycles. The minimum atomic E-state index is -3.62. The second-order valence-electron chi connectivity index (χ2n) is 3.70. The van der Waals surface area contributed by atoms with Gasteiger partial charge in [0, 0.05) is 11.0 Å². The van der Waals surface area contributed by atoms with Crippen molar-refractivity contribution in [2.45, 2.75) is 11.1 Å². The Morgan fingerprint density at radius 1 is 1.26 bits per heavy atom. The van der Waals surface area contributed by atoms with Crippen molar-refractivity contribution >= 4 is 43.0 Å². The molecule has 0 bridgehead atoms. The van der Waals surface area contributed by atoms with Crippen LogP contribution in [-0.4, -0.2) is 15.0 Å². The number of thiophene rings is 1. The third kappa shape index (κ3) is 2.82. The lowest BCUT2D eigenvalue weighted by Gasteiger charge is -2.22. The Balaban J connectivity index is 2.48. The van der Waals surface area contributed by atoms with Crippen LogP contribution >= 0.6 is 27.3 Å². The number of nitrogens with zero attached hydrogens (tertiary/aromatic N) is 1. The lowest BCUT2D eigenvalue weighted by Crippen LogP contribution is -2.30. The Kier molecular flexibility index (Phi) is 4.27. The molecule has 0 aliphatic carbocycles. The van der Waals surface area contributed by atoms with Gasteiger partial charge >= 0.3 is 0 Å². The first-order chi connectivity index (χ1) is 8.96. The first kappa shape index (κ1) is 14.5. The highest BCUT2D eigenvalue weighted by Gasteiger charge is 2.26. The van der Waals surface area contributed by atoms with Crippen LogP contribution in [0.15, 0.2) is 44.4 Å². The Hall–Kier alpha value is -0.920. The topological polar surface area (TPSA) is 37.4 Å². The van der Waals surface area contributed by atoms with Gasteiger partial charge in [-0.2, -0.15) is 0 Å². The molecule has 0 saturated heterocycles. The van der Waals surface area contributed by atoms with Crippen molar-refractivity contribution in [3.05, 3.63) is 46.0 Å². The zero-order valence-corrected chi connectivity index (χ0v) is 13.2. The van der Waals surface area contributed by atoms with Crippen molar-refractivity contribution in [2.24, 2.45) is 0 Å². The fraction of sp³-hybridized carbons (Fsp3) is 0.167. The summed E-state index contributed by atoms with van der Waals surface area (Å²) in [6.45, 7) is 2.01. The van der Waals surface area contributed by atoms with E-state index >= 15 is 0 Å². The third-order valence-electron chi connectivity index (χ3n) is 2.51. The van der Waals surface area contributed by atoms with Gasteiger partial charge in [-0.1, -0.05) is 0 Å². The number of hydrogen-bond donors (Lipinski definition) is 0. The van der Waals surface area contributed by atoms with Crippen LogP contribution in [0.4, 0.5) is 10.1 Å². The van der Waals surface area contributed by atoms with E-state index in [1.165, 1.54) is 28.6 Å². The molecule has 0 spiro atoms. The minimum Gasteiger partial charge on any atom is -0.266 e. The molecule has 2 rings (SSSR count). The highest BCUT2D eigenvalue weighted by molar-refractivity contribution is 9.10. The first-order valence-electron chi connectivity index (χ1n) is 5.48. The predicted molar refractivity (Wildman–Crippen MR) is 78.6 cm³/mol. The summed E-state index contributed by atoms with van der Waals surface area (Å²) in [6, 6.07) is 7.10. The monoisotopic (exact) mass is 363 g/mol. The standard InChI is InChI=1S/C12H11BrFNO2S2/c1-2-15(10-5-3-9(14)4-6-10)19(16,17)12-11(13)7-8-18-12/h3-8H,2H2,1H3. The Labute approximate surface area is 123 Å². The fourth-order valence-electron chi connectivity index (χ4n) is 1.66. The summed E-state index contributed by atoms with van der Waals surface area (Å²) in [5.41, 5.74) is 0.448. The van der Waals surface area contributed by atoms with E-state index in [-0.39, 0.29) is 10.8 Å². The van der Waals surface area contributed by atoms with E-state index in [1.54, 1.807) is 18.4 Å². The SMILES string of the molecule is CCN(c1ccc(F)cc1)S(=O)(=O)c1sccc1Br. The Morgan fingerprint density at radius 3 is 2.37 bits per heavy atom. The highest BCUT2D eigenvalue weighted by Crippen LogP contribution is 2.32. The number of halogens is 2. The summed E-state index contributed by atoms with van der Waals surface area (Å²) in [6.07, 6.45) is 0. The zero-order valence-electron chi connectivity index (χ0n) is 10.0. The fourth-order valence-corrected chi connectivity index (χ4v) is 5.55. The molecule has 0 radical (unpaired) electrons. The van der Waals surface area contributed by atoms with E-state index in [2.05, 4.69) is 15.9 Å². The number of rotatable bonds is 4. The molecule has 0 fully saturated rings. The molecule has 19 heavy (non-hydrogen) atoms. The summed E-state index contributed by atoms with van der Waals surface area (Å²) in [4.78, 5) is 0. The molecule has 0 N–H and O–H groups in total. The van der Waals surface area contributed by atoms with Crippen LogP contribution in [-0.2, 0) is 10.0 Å². The van der Waals surface area contributed by atoms with Crippen molar-refractivity contribution in [3.63, 3.8) is 0 Å². The quantitative estimate of drug-likeness (QED) is 0.826. The van der Waals surface area contributed by atoms with E-state index in [4.69, 9.17) is 0 Å². The van der Waals surface area contributed by atoms with Crippen LogP contribution in [0.1, 0.15) is 6.92 Å². The highest BCUT2D eigenvalue weighted by atomic mass is 79.9. The van der Waals surface area contributed by atoms with Crippen molar-refractivity contribution < 1.29 is 12.8 Å². The van der Waals surface area contributed by atoms with Gasteiger partial charge in [-0.25, -0.2) is 12.8 Å². The first-order valence-corrected chi connectivity index (χ1v) is 8.59. The second kappa shape index (κ2) is 5.60. The zero-order chi connectivity index (χ0) is 14.0. The molecule has 2 aromatic rings. The van der Waals surface area contributed by atoms with E-state index < -0.39 is 15.8 Å². The molecule has 0 atom stereocenters. The van der Waals surface area contributed by atoms with Crippen LogP contribution in [0, 0.1) is 5.82 Å². The molecule has 1 aromatic carbocycles. The number of hydrogen-bond acceptors (Lipinski definition) is 3. The van der Waals surface area contributed by atoms with Gasteiger partial charge in [-0.15, -0.1) is 11.3 Å². The third-order valence-corrected chi connectivity index (χ3v) is 7.06. The summed E-state index contributed by atoms with van der Waals surface area (Å²) < 4.78 is 40.0. The smallest absolute Gasteiger partial charge is 0.266 e. The average Bonchev–Trinajstić information content (AvgIpc) is 2.79. The number of anilines is 1. The Morgan fingerprint density at radius 2 is 1.89 bits per heavy atom. The van der Waals surface area contributed by atoms with Gasteiger partial charge < -0.3 is 0 Å². The molecule has 1 heterocycles. The van der Waals surface area contributed by atoms with E-state index in [0.29, 0.717) is 10.2 Å². The molecule has 0 aliphatic rings. The average molecular weight is 364 g/mol. The van der Waals surface area contributed by atoms with Crippen molar-refractivity contribution in [3.8, 4) is 0 Å². The summed E-state index contributed by atoms with van der Waals surface area (Å²) in [7, 11) is -3.62. The van der Waals surface area contributed by atoms with Gasteiger partial charge in [0.15, 0.2) is 4.21 Å². The molecule has 0 amide bonds. The molecule has 3 nitrogen and oxygen atoms in total. The lowest BCUT2D eigenvalue weighted by molar-refractivity contribution is 0.593. The molecule has 0 saturated carbocycles.